The maximum Gasteiger partial charge on any atom is 0.207 e. The van der Waals surface area contributed by atoms with Gasteiger partial charge in [-0.15, -0.1) is 0 Å². The van der Waals surface area contributed by atoms with Crippen LogP contribution in [0, 0.1) is 0 Å². The molecule has 0 saturated carbocycles. The van der Waals surface area contributed by atoms with Gasteiger partial charge in [0.2, 0.25) is 6.41 Å². The first-order valence-corrected chi connectivity index (χ1v) is 5.21. The maximum atomic E-state index is 9.96. The van der Waals surface area contributed by atoms with Gasteiger partial charge in [0.15, 0.2) is 6.29 Å². The van der Waals surface area contributed by atoms with Crippen molar-refractivity contribution in [1.82, 2.24) is 5.32 Å². The predicted octanol–water partition coefficient (Wildman–Crippen LogP) is -3.45. The van der Waals surface area contributed by atoms with Crippen molar-refractivity contribution < 1.29 is 34.7 Å². The van der Waals surface area contributed by atoms with Crippen LogP contribution in [0.5, 0.6) is 0 Å². The monoisotopic (exact) mass is 251 g/mol. The van der Waals surface area contributed by atoms with Crippen molar-refractivity contribution in [2.75, 3.05) is 19.8 Å². The van der Waals surface area contributed by atoms with Crippen molar-refractivity contribution in [2.24, 2.45) is 0 Å². The smallest absolute Gasteiger partial charge is 0.207 e. The zero-order valence-corrected chi connectivity index (χ0v) is 9.10. The molecule has 5 atom stereocenters. The Bertz CT molecular complexity index is 237. The maximum absolute atomic E-state index is 9.96. The largest absolute Gasteiger partial charge is 0.394 e. The molecule has 1 heterocycles. The molecule has 0 aliphatic carbocycles. The number of hydrogen-bond acceptors (Lipinski definition) is 7. The molecule has 0 aromatic rings. The number of aliphatic hydroxyl groups excluding tert-OH is 4. The topological polar surface area (TPSA) is 128 Å². The predicted molar refractivity (Wildman–Crippen MR) is 53.8 cm³/mol. The lowest BCUT2D eigenvalue weighted by molar-refractivity contribution is -0.300. The van der Waals surface area contributed by atoms with Crippen molar-refractivity contribution in [3.63, 3.8) is 0 Å². The van der Waals surface area contributed by atoms with E-state index in [4.69, 9.17) is 14.6 Å². The van der Waals surface area contributed by atoms with Crippen LogP contribution in [0.25, 0.3) is 0 Å². The average Bonchev–Trinajstić information content (AvgIpc) is 2.34. The molecule has 0 aromatic heterocycles. The molecule has 1 amide bonds. The number of carbonyl (C=O) groups is 1. The molecule has 0 aromatic carbocycles. The fourth-order valence-electron chi connectivity index (χ4n) is 1.50. The van der Waals surface area contributed by atoms with Gasteiger partial charge in [-0.05, 0) is 0 Å². The highest BCUT2D eigenvalue weighted by Gasteiger charge is 2.43. The summed E-state index contributed by atoms with van der Waals surface area (Å²) in [6.07, 6.45) is -5.91. The van der Waals surface area contributed by atoms with E-state index < -0.39 is 37.3 Å². The third kappa shape index (κ3) is 3.60. The first-order chi connectivity index (χ1) is 8.11. The van der Waals surface area contributed by atoms with E-state index in [0.717, 1.165) is 0 Å². The molecule has 1 aliphatic rings. The fraction of sp³-hybridized carbons (Fsp3) is 0.889. The first-order valence-electron chi connectivity index (χ1n) is 5.21. The van der Waals surface area contributed by atoms with Crippen molar-refractivity contribution in [2.45, 2.75) is 30.7 Å². The summed E-state index contributed by atoms with van der Waals surface area (Å²) < 4.78 is 10.1. The van der Waals surface area contributed by atoms with Gasteiger partial charge in [0.25, 0.3) is 0 Å². The molecule has 0 bridgehead atoms. The molecule has 100 valence electrons. The van der Waals surface area contributed by atoms with E-state index in [9.17, 15) is 20.1 Å². The second-order valence-corrected chi connectivity index (χ2v) is 3.64. The molecule has 5 N–H and O–H groups in total. The number of rotatable bonds is 6. The summed E-state index contributed by atoms with van der Waals surface area (Å²) in [6, 6.07) is 0. The minimum absolute atomic E-state index is 0.0709. The Balaban J connectivity index is 2.44. The van der Waals surface area contributed by atoms with E-state index >= 15 is 0 Å². The van der Waals surface area contributed by atoms with Crippen LogP contribution in [-0.4, -0.2) is 77.3 Å². The zero-order valence-electron chi connectivity index (χ0n) is 9.10. The van der Waals surface area contributed by atoms with E-state index in [2.05, 4.69) is 5.32 Å². The Hall–Kier alpha value is -0.770. The summed E-state index contributed by atoms with van der Waals surface area (Å²) >= 11 is 0. The van der Waals surface area contributed by atoms with E-state index in [-0.39, 0.29) is 13.2 Å². The number of hydrogen-bond donors (Lipinski definition) is 5. The highest BCUT2D eigenvalue weighted by atomic mass is 16.7. The Morgan fingerprint density at radius 1 is 1.24 bits per heavy atom. The molecular formula is C9H17NO7. The van der Waals surface area contributed by atoms with Crippen LogP contribution in [0.3, 0.4) is 0 Å². The van der Waals surface area contributed by atoms with Gasteiger partial charge in [-0.1, -0.05) is 0 Å². The molecule has 0 radical (unpaired) electrons. The molecule has 0 unspecified atom stereocenters. The molecule has 8 heteroatoms. The summed E-state index contributed by atoms with van der Waals surface area (Å²) in [6.45, 7) is -0.211. The Morgan fingerprint density at radius 3 is 2.53 bits per heavy atom. The van der Waals surface area contributed by atoms with Gasteiger partial charge in [-0.3, -0.25) is 4.79 Å². The van der Waals surface area contributed by atoms with E-state index in [1.165, 1.54) is 0 Å². The van der Waals surface area contributed by atoms with Crippen LogP contribution < -0.4 is 5.32 Å². The Morgan fingerprint density at radius 2 is 1.94 bits per heavy atom. The summed E-state index contributed by atoms with van der Waals surface area (Å²) in [5.74, 6) is 0. The second-order valence-electron chi connectivity index (χ2n) is 3.64. The van der Waals surface area contributed by atoms with Gasteiger partial charge in [0.1, 0.15) is 24.4 Å². The molecule has 0 spiro atoms. The van der Waals surface area contributed by atoms with Crippen LogP contribution in [0.4, 0.5) is 0 Å². The van der Waals surface area contributed by atoms with Gasteiger partial charge >= 0.3 is 0 Å². The Kier molecular flexibility index (Phi) is 5.75. The molecule has 1 rings (SSSR count). The minimum atomic E-state index is -1.45. The standard InChI is InChI=1S/C9H17NO7/c11-3-5-6(13)7(14)8(15)9(17-5)16-2-1-10-4-12/h4-9,11,13-15H,1-3H2,(H,10,12)/t5-,6-,7+,8+,9+/m1/s1. The van der Waals surface area contributed by atoms with Crippen molar-refractivity contribution >= 4 is 6.41 Å². The number of ether oxygens (including phenoxy) is 2. The highest BCUT2D eigenvalue weighted by Crippen LogP contribution is 2.21. The molecular weight excluding hydrogens is 234 g/mol. The summed E-state index contributed by atoms with van der Waals surface area (Å²) in [5, 5.41) is 39.7. The first kappa shape index (κ1) is 14.3. The van der Waals surface area contributed by atoms with Gasteiger partial charge in [-0.2, -0.15) is 0 Å². The van der Waals surface area contributed by atoms with Crippen LogP contribution in [0.15, 0.2) is 0 Å². The third-order valence-corrected chi connectivity index (χ3v) is 2.46. The van der Waals surface area contributed by atoms with E-state index in [1.54, 1.807) is 0 Å². The number of nitrogens with one attached hydrogen (secondary N) is 1. The van der Waals surface area contributed by atoms with Gasteiger partial charge < -0.3 is 35.2 Å². The summed E-state index contributed by atoms with van der Waals surface area (Å²) in [4.78, 5) is 9.96. The quantitative estimate of drug-likeness (QED) is 0.245. The molecule has 1 saturated heterocycles. The normalized spacial score (nSPS) is 37.8. The van der Waals surface area contributed by atoms with Crippen molar-refractivity contribution in [3.05, 3.63) is 0 Å². The zero-order chi connectivity index (χ0) is 12.8. The van der Waals surface area contributed by atoms with Gasteiger partial charge in [0.05, 0.1) is 13.2 Å². The van der Waals surface area contributed by atoms with Crippen molar-refractivity contribution in [3.8, 4) is 0 Å². The lowest BCUT2D eigenvalue weighted by atomic mass is 9.99. The lowest BCUT2D eigenvalue weighted by Crippen LogP contribution is -2.59. The lowest BCUT2D eigenvalue weighted by Gasteiger charge is -2.39. The van der Waals surface area contributed by atoms with Crippen LogP contribution in [0.2, 0.25) is 0 Å². The van der Waals surface area contributed by atoms with Crippen LogP contribution in [0.1, 0.15) is 0 Å². The van der Waals surface area contributed by atoms with E-state index in [0.29, 0.717) is 6.41 Å². The molecule has 1 fully saturated rings. The summed E-state index contributed by atoms with van der Waals surface area (Å²) in [5.41, 5.74) is 0. The van der Waals surface area contributed by atoms with Crippen LogP contribution in [-0.2, 0) is 14.3 Å². The molecule has 8 nitrogen and oxygen atoms in total. The third-order valence-electron chi connectivity index (χ3n) is 2.46. The van der Waals surface area contributed by atoms with Gasteiger partial charge in [0, 0.05) is 6.54 Å². The minimum Gasteiger partial charge on any atom is -0.394 e. The number of aliphatic hydroxyl groups is 4. The fourth-order valence-corrected chi connectivity index (χ4v) is 1.50. The second kappa shape index (κ2) is 6.84. The summed E-state index contributed by atoms with van der Waals surface area (Å²) in [7, 11) is 0. The van der Waals surface area contributed by atoms with Crippen molar-refractivity contribution in [1.29, 1.82) is 0 Å². The molecule has 1 aliphatic heterocycles. The van der Waals surface area contributed by atoms with Gasteiger partial charge in [-0.25, -0.2) is 0 Å². The van der Waals surface area contributed by atoms with E-state index in [1.807, 2.05) is 0 Å². The highest BCUT2D eigenvalue weighted by molar-refractivity contribution is 5.45. The SMILES string of the molecule is O=CNCCO[C@H]1O[C@H](CO)[C@@H](O)[C@H](O)[C@@H]1O. The Labute approximate surface area is 97.8 Å². The average molecular weight is 251 g/mol. The number of amides is 1. The number of carbonyl (C=O) groups excluding carboxylic acids is 1. The molecule has 17 heavy (non-hydrogen) atoms. The van der Waals surface area contributed by atoms with Crippen LogP contribution >= 0.6 is 0 Å².